The molecule has 1 rings (SSSR count). The van der Waals surface area contributed by atoms with Crippen molar-refractivity contribution in [2.75, 3.05) is 26.3 Å². The summed E-state index contributed by atoms with van der Waals surface area (Å²) in [7, 11) is -7.73. The van der Waals surface area contributed by atoms with Crippen molar-refractivity contribution in [3.8, 4) is 0 Å². The molecule has 5 N–H and O–H groups in total. The monoisotopic (exact) mass is 547 g/mol. The number of amides is 2. The molecule has 2 amide bonds. The molecule has 0 saturated heterocycles. The standard InChI is InChI=1S/C23H38N3O8PS/c1-2-3-7-18-33-35(29,30)34-19-8-5-4-6-16-25-22(27)13-14-23(28)26-17-15-20-9-11-21(12-10-20)36(24,31)32/h2,9-12H,1,3-8,13-19H2,(H,25,27)(H,26,28)(H,29,30)(H2,24,31,32). The summed E-state index contributed by atoms with van der Waals surface area (Å²) in [5.41, 5.74) is 0.852. The number of primary sulfonamides is 1. The molecule has 13 heteroatoms. The molecule has 11 nitrogen and oxygen atoms in total. The number of hydrogen-bond acceptors (Lipinski definition) is 7. The van der Waals surface area contributed by atoms with E-state index < -0.39 is 17.8 Å². The lowest BCUT2D eigenvalue weighted by atomic mass is 10.1. The van der Waals surface area contributed by atoms with Gasteiger partial charge in [-0.15, -0.1) is 6.58 Å². The van der Waals surface area contributed by atoms with Crippen LogP contribution in [0.4, 0.5) is 0 Å². The van der Waals surface area contributed by atoms with Crippen molar-refractivity contribution in [1.82, 2.24) is 10.6 Å². The van der Waals surface area contributed by atoms with Crippen molar-refractivity contribution >= 4 is 29.7 Å². The quantitative estimate of drug-likeness (QED) is 0.109. The minimum Gasteiger partial charge on any atom is -0.356 e. The molecule has 0 aliphatic carbocycles. The lowest BCUT2D eigenvalue weighted by Crippen LogP contribution is -2.29. The Hall–Kier alpha value is -2.08. The minimum atomic E-state index is -4.00. The van der Waals surface area contributed by atoms with Crippen LogP contribution in [0, 0.1) is 0 Å². The van der Waals surface area contributed by atoms with E-state index in [1.165, 1.54) is 12.1 Å². The zero-order chi connectivity index (χ0) is 26.9. The fourth-order valence-electron chi connectivity index (χ4n) is 3.03. The number of allylic oxidation sites excluding steroid dienone is 1. The number of rotatable bonds is 20. The van der Waals surface area contributed by atoms with Crippen LogP contribution in [0.5, 0.6) is 0 Å². The second-order valence-corrected chi connectivity index (χ2v) is 11.1. The zero-order valence-electron chi connectivity index (χ0n) is 20.5. The Kier molecular flexibility index (Phi) is 15.4. The third-order valence-corrected chi connectivity index (χ3v) is 6.97. The Morgan fingerprint density at radius 2 is 1.50 bits per heavy atom. The molecule has 0 aromatic heterocycles. The average molecular weight is 548 g/mol. The second-order valence-electron chi connectivity index (χ2n) is 8.12. The molecule has 0 aliphatic rings. The lowest BCUT2D eigenvalue weighted by molar-refractivity contribution is -0.126. The number of carbonyl (C=O) groups excluding carboxylic acids is 2. The van der Waals surface area contributed by atoms with Gasteiger partial charge in [-0.2, -0.15) is 0 Å². The van der Waals surface area contributed by atoms with E-state index in [1.807, 2.05) is 0 Å². The number of phosphoric ester groups is 1. The number of phosphoric acid groups is 1. The van der Waals surface area contributed by atoms with Crippen molar-refractivity contribution < 1.29 is 36.5 Å². The number of hydrogen-bond donors (Lipinski definition) is 4. The van der Waals surface area contributed by atoms with Gasteiger partial charge in [-0.1, -0.05) is 31.1 Å². The number of nitrogens with two attached hydrogens (primary N) is 1. The third-order valence-electron chi connectivity index (χ3n) is 5.02. The molecule has 0 fully saturated rings. The Labute approximate surface area is 213 Å². The molecule has 0 saturated carbocycles. The van der Waals surface area contributed by atoms with Gasteiger partial charge in [0.2, 0.25) is 21.8 Å². The van der Waals surface area contributed by atoms with Crippen molar-refractivity contribution in [3.05, 3.63) is 42.5 Å². The number of carbonyl (C=O) groups is 2. The molecule has 1 atom stereocenters. The first-order chi connectivity index (χ1) is 17.0. The van der Waals surface area contributed by atoms with E-state index in [9.17, 15) is 27.5 Å². The molecular formula is C23H38N3O8PS. The normalized spacial score (nSPS) is 13.1. The summed E-state index contributed by atoms with van der Waals surface area (Å²) >= 11 is 0. The van der Waals surface area contributed by atoms with E-state index >= 15 is 0 Å². The molecule has 1 aromatic rings. The van der Waals surface area contributed by atoms with Crippen LogP contribution in [0.15, 0.2) is 41.8 Å². The Morgan fingerprint density at radius 3 is 2.08 bits per heavy atom. The summed E-state index contributed by atoms with van der Waals surface area (Å²) in [6.07, 6.45) is 6.64. The van der Waals surface area contributed by atoms with Crippen LogP contribution in [-0.4, -0.2) is 51.4 Å². The average Bonchev–Trinajstić information content (AvgIpc) is 2.82. The van der Waals surface area contributed by atoms with Crippen LogP contribution in [0.2, 0.25) is 0 Å². The van der Waals surface area contributed by atoms with Crippen LogP contribution in [0.1, 0.15) is 56.9 Å². The topological polar surface area (TPSA) is 174 Å². The Bertz CT molecular complexity index is 970. The highest BCUT2D eigenvalue weighted by atomic mass is 32.2. The van der Waals surface area contributed by atoms with Crippen LogP contribution in [0.3, 0.4) is 0 Å². The fraction of sp³-hybridized carbons (Fsp3) is 0.565. The van der Waals surface area contributed by atoms with E-state index in [4.69, 9.17) is 14.2 Å². The van der Waals surface area contributed by atoms with Gasteiger partial charge in [-0.25, -0.2) is 18.1 Å². The maximum Gasteiger partial charge on any atom is 0.472 e. The maximum absolute atomic E-state index is 11.9. The zero-order valence-corrected chi connectivity index (χ0v) is 22.2. The SMILES string of the molecule is C=CCCCOP(=O)(O)OCCCCCCNC(=O)CCC(=O)NCCc1ccc(S(N)(=O)=O)cc1. The summed E-state index contributed by atoms with van der Waals surface area (Å²) in [6.45, 7) is 4.68. The third kappa shape index (κ3) is 15.8. The van der Waals surface area contributed by atoms with Crippen molar-refractivity contribution in [3.63, 3.8) is 0 Å². The summed E-state index contributed by atoms with van der Waals surface area (Å²) < 4.78 is 43.9. The first kappa shape index (κ1) is 31.9. The van der Waals surface area contributed by atoms with Crippen LogP contribution < -0.4 is 15.8 Å². The van der Waals surface area contributed by atoms with Crippen LogP contribution in [0.25, 0.3) is 0 Å². The molecule has 1 unspecified atom stereocenters. The highest BCUT2D eigenvalue weighted by molar-refractivity contribution is 7.89. The molecule has 204 valence electrons. The van der Waals surface area contributed by atoms with Gasteiger partial charge in [0, 0.05) is 25.9 Å². The highest BCUT2D eigenvalue weighted by Crippen LogP contribution is 2.43. The van der Waals surface area contributed by atoms with Gasteiger partial charge in [0.15, 0.2) is 0 Å². The summed E-state index contributed by atoms with van der Waals surface area (Å²) in [5.74, 6) is -0.445. The minimum absolute atomic E-state index is 0.0321. The summed E-state index contributed by atoms with van der Waals surface area (Å²) in [5, 5.41) is 10.6. The van der Waals surface area contributed by atoms with Gasteiger partial charge in [-0.3, -0.25) is 18.6 Å². The molecule has 36 heavy (non-hydrogen) atoms. The smallest absolute Gasteiger partial charge is 0.356 e. The molecule has 0 spiro atoms. The van der Waals surface area contributed by atoms with E-state index in [0.717, 1.165) is 24.8 Å². The predicted molar refractivity (Wildman–Crippen MR) is 136 cm³/mol. The van der Waals surface area contributed by atoms with Gasteiger partial charge >= 0.3 is 7.82 Å². The van der Waals surface area contributed by atoms with Gasteiger partial charge in [0.05, 0.1) is 18.1 Å². The summed E-state index contributed by atoms with van der Waals surface area (Å²) in [6, 6.07) is 6.11. The number of nitrogens with one attached hydrogen (secondary N) is 2. The molecule has 0 heterocycles. The summed E-state index contributed by atoms with van der Waals surface area (Å²) in [4.78, 5) is 33.3. The van der Waals surface area contributed by atoms with Gasteiger partial charge in [0.1, 0.15) is 0 Å². The first-order valence-electron chi connectivity index (χ1n) is 11.9. The lowest BCUT2D eigenvalue weighted by Gasteiger charge is -2.11. The van der Waals surface area contributed by atoms with Gasteiger partial charge in [0.25, 0.3) is 0 Å². The highest BCUT2D eigenvalue weighted by Gasteiger charge is 2.19. The van der Waals surface area contributed by atoms with Crippen molar-refractivity contribution in [2.24, 2.45) is 5.14 Å². The Balaban J connectivity index is 2.02. The number of unbranched alkanes of at least 4 members (excludes halogenated alkanes) is 4. The molecule has 0 aliphatic heterocycles. The number of sulfonamides is 1. The first-order valence-corrected chi connectivity index (χ1v) is 15.0. The largest absolute Gasteiger partial charge is 0.472 e. The van der Waals surface area contributed by atoms with Crippen molar-refractivity contribution in [2.45, 2.75) is 62.7 Å². The predicted octanol–water partition coefficient (Wildman–Crippen LogP) is 2.55. The molecule has 1 aromatic carbocycles. The maximum atomic E-state index is 11.9. The molecular weight excluding hydrogens is 509 g/mol. The van der Waals surface area contributed by atoms with E-state index in [-0.39, 0.29) is 42.8 Å². The van der Waals surface area contributed by atoms with E-state index in [2.05, 4.69) is 17.2 Å². The Morgan fingerprint density at radius 1 is 0.944 bits per heavy atom. The van der Waals surface area contributed by atoms with Gasteiger partial charge in [-0.05, 0) is 49.8 Å². The van der Waals surface area contributed by atoms with E-state index in [0.29, 0.717) is 38.8 Å². The molecule has 0 bridgehead atoms. The van der Waals surface area contributed by atoms with Crippen LogP contribution in [-0.2, 0) is 39.6 Å². The molecule has 0 radical (unpaired) electrons. The second kappa shape index (κ2) is 17.4. The van der Waals surface area contributed by atoms with Crippen LogP contribution >= 0.6 is 7.82 Å². The fourth-order valence-corrected chi connectivity index (χ4v) is 4.34. The van der Waals surface area contributed by atoms with Gasteiger partial charge < -0.3 is 15.5 Å². The number of benzene rings is 1. The van der Waals surface area contributed by atoms with Crippen molar-refractivity contribution in [1.29, 1.82) is 0 Å². The van der Waals surface area contributed by atoms with E-state index in [1.54, 1.807) is 18.2 Å².